The van der Waals surface area contributed by atoms with Gasteiger partial charge in [0.25, 0.3) is 5.56 Å². The first-order valence-electron chi connectivity index (χ1n) is 9.27. The molecule has 0 radical (unpaired) electrons. The van der Waals surface area contributed by atoms with Gasteiger partial charge in [-0.25, -0.2) is 9.00 Å². The number of H-pyrrole nitrogens is 1. The fourth-order valence-electron chi connectivity index (χ4n) is 3.25. The van der Waals surface area contributed by atoms with Crippen LogP contribution in [0.1, 0.15) is 52.5 Å². The van der Waals surface area contributed by atoms with Crippen LogP contribution in [0.25, 0.3) is 0 Å². The Bertz CT molecular complexity index is 1130. The summed E-state index contributed by atoms with van der Waals surface area (Å²) in [6.07, 6.45) is 3.94. The lowest BCUT2D eigenvalue weighted by Crippen LogP contribution is -2.21. The SMILES string of the molecule is CCn1[nH]cc(C(=O)c2ccc(C(=O)OC)c(N=S3(=O)CCCCC3)c2Br)c1=O. The van der Waals surface area contributed by atoms with E-state index in [-0.39, 0.29) is 26.9 Å². The highest BCUT2D eigenvalue weighted by Crippen LogP contribution is 2.36. The highest BCUT2D eigenvalue weighted by Gasteiger charge is 2.25. The van der Waals surface area contributed by atoms with Gasteiger partial charge in [-0.05, 0) is 47.8 Å². The maximum atomic E-state index is 13.2. The topological polar surface area (TPSA) is 111 Å². The number of aromatic nitrogens is 2. The standard InChI is InChI=1S/C19H22BrN3O5S/c1-3-23-18(25)14(11-21-23)17(24)12-7-8-13(19(26)28-2)16(15(12)20)22-29(27)9-5-4-6-10-29/h7-8,11,21H,3-6,9-10H2,1-2H3. The van der Waals surface area contributed by atoms with Gasteiger partial charge in [0.1, 0.15) is 11.3 Å². The van der Waals surface area contributed by atoms with E-state index in [2.05, 4.69) is 25.4 Å². The molecule has 1 saturated heterocycles. The van der Waals surface area contributed by atoms with Crippen LogP contribution in [0.4, 0.5) is 5.69 Å². The number of halogens is 1. The van der Waals surface area contributed by atoms with Crippen LogP contribution in [0.5, 0.6) is 0 Å². The van der Waals surface area contributed by atoms with Gasteiger partial charge >= 0.3 is 5.97 Å². The number of aromatic amines is 1. The normalized spacial score (nSPS) is 15.7. The number of methoxy groups -OCH3 is 1. The van der Waals surface area contributed by atoms with E-state index < -0.39 is 27.0 Å². The number of benzene rings is 1. The number of esters is 1. The van der Waals surface area contributed by atoms with Gasteiger partial charge in [0.15, 0.2) is 0 Å². The van der Waals surface area contributed by atoms with E-state index >= 15 is 0 Å². The number of nitrogens with zero attached hydrogens (tertiary/aromatic N) is 2. The average molecular weight is 484 g/mol. The molecule has 156 valence electrons. The van der Waals surface area contributed by atoms with E-state index in [1.807, 2.05) is 0 Å². The molecule has 1 aromatic carbocycles. The third-order valence-corrected chi connectivity index (χ3v) is 8.02. The minimum Gasteiger partial charge on any atom is -0.465 e. The van der Waals surface area contributed by atoms with E-state index in [4.69, 9.17) is 4.74 Å². The number of aryl methyl sites for hydroxylation is 1. The summed E-state index contributed by atoms with van der Waals surface area (Å²) in [6, 6.07) is 2.85. The molecule has 29 heavy (non-hydrogen) atoms. The van der Waals surface area contributed by atoms with Gasteiger partial charge < -0.3 is 9.84 Å². The molecule has 1 fully saturated rings. The molecule has 0 amide bonds. The molecule has 1 aromatic heterocycles. The van der Waals surface area contributed by atoms with Crippen LogP contribution in [0.2, 0.25) is 0 Å². The Balaban J connectivity index is 2.18. The summed E-state index contributed by atoms with van der Waals surface area (Å²) < 4.78 is 23.9. The van der Waals surface area contributed by atoms with Crippen molar-refractivity contribution < 1.29 is 18.5 Å². The summed E-state index contributed by atoms with van der Waals surface area (Å²) in [5.74, 6) is -0.275. The highest BCUT2D eigenvalue weighted by molar-refractivity contribution is 9.10. The molecule has 2 aromatic rings. The third-order valence-electron chi connectivity index (χ3n) is 4.85. The summed E-state index contributed by atoms with van der Waals surface area (Å²) >= 11 is 3.36. The molecular weight excluding hydrogens is 462 g/mol. The number of rotatable bonds is 5. The zero-order valence-electron chi connectivity index (χ0n) is 16.2. The van der Waals surface area contributed by atoms with Crippen molar-refractivity contribution in [3.8, 4) is 0 Å². The Morgan fingerprint density at radius 3 is 2.45 bits per heavy atom. The zero-order valence-corrected chi connectivity index (χ0v) is 18.6. The molecule has 0 atom stereocenters. The monoisotopic (exact) mass is 483 g/mol. The van der Waals surface area contributed by atoms with Crippen LogP contribution < -0.4 is 5.56 Å². The van der Waals surface area contributed by atoms with Gasteiger partial charge in [-0.15, -0.1) is 0 Å². The minimum atomic E-state index is -2.54. The van der Waals surface area contributed by atoms with Gasteiger partial charge in [0.2, 0.25) is 5.78 Å². The summed E-state index contributed by atoms with van der Waals surface area (Å²) in [5.41, 5.74) is -0.0518. The van der Waals surface area contributed by atoms with Gasteiger partial charge in [0.05, 0.1) is 26.9 Å². The molecule has 1 aliphatic rings. The van der Waals surface area contributed by atoms with Crippen molar-refractivity contribution in [1.29, 1.82) is 0 Å². The summed E-state index contributed by atoms with van der Waals surface area (Å²) in [6.45, 7) is 2.18. The van der Waals surface area contributed by atoms with Gasteiger partial charge in [-0.1, -0.05) is 6.42 Å². The maximum absolute atomic E-state index is 13.2. The Kier molecular flexibility index (Phi) is 6.42. The molecule has 10 heteroatoms. The lowest BCUT2D eigenvalue weighted by atomic mass is 10.0. The predicted molar refractivity (Wildman–Crippen MR) is 113 cm³/mol. The van der Waals surface area contributed by atoms with E-state index in [0.29, 0.717) is 18.1 Å². The molecule has 3 rings (SSSR count). The molecule has 0 bridgehead atoms. The van der Waals surface area contributed by atoms with E-state index in [1.54, 1.807) is 6.92 Å². The van der Waals surface area contributed by atoms with E-state index in [1.165, 1.54) is 30.1 Å². The Morgan fingerprint density at radius 2 is 1.86 bits per heavy atom. The number of carbonyl (C=O) groups is 2. The number of carbonyl (C=O) groups excluding carboxylic acids is 2. The van der Waals surface area contributed by atoms with Crippen LogP contribution in [0.3, 0.4) is 0 Å². The van der Waals surface area contributed by atoms with E-state index in [9.17, 15) is 18.6 Å². The van der Waals surface area contributed by atoms with Gasteiger partial charge in [-0.2, -0.15) is 4.36 Å². The van der Waals surface area contributed by atoms with Crippen molar-refractivity contribution >= 4 is 43.1 Å². The maximum Gasteiger partial charge on any atom is 0.340 e. The third kappa shape index (κ3) is 4.23. The van der Waals surface area contributed by atoms with Gasteiger partial charge in [-0.3, -0.25) is 14.3 Å². The van der Waals surface area contributed by atoms with Crippen LogP contribution in [0, 0.1) is 0 Å². The largest absolute Gasteiger partial charge is 0.465 e. The number of ketones is 1. The van der Waals surface area contributed by atoms with Crippen molar-refractivity contribution in [3.05, 3.63) is 49.8 Å². The minimum absolute atomic E-state index is 0.0221. The molecular formula is C19H22BrN3O5S. The summed E-state index contributed by atoms with van der Waals surface area (Å²) in [4.78, 5) is 37.6. The Labute approximate surface area is 176 Å². The first kappa shape index (κ1) is 21.5. The average Bonchev–Trinajstić information content (AvgIpc) is 3.09. The smallest absolute Gasteiger partial charge is 0.340 e. The van der Waals surface area contributed by atoms with Crippen molar-refractivity contribution in [1.82, 2.24) is 9.78 Å². The van der Waals surface area contributed by atoms with Crippen molar-refractivity contribution in [3.63, 3.8) is 0 Å². The zero-order chi connectivity index (χ0) is 21.2. The summed E-state index contributed by atoms with van der Waals surface area (Å²) in [5, 5.41) is 2.74. The lowest BCUT2D eigenvalue weighted by Gasteiger charge is -2.17. The molecule has 0 spiro atoms. The molecule has 2 heterocycles. The van der Waals surface area contributed by atoms with Crippen LogP contribution in [-0.2, 0) is 21.0 Å². The molecule has 0 aliphatic carbocycles. The van der Waals surface area contributed by atoms with Crippen LogP contribution >= 0.6 is 15.9 Å². The fourth-order valence-corrected chi connectivity index (χ4v) is 6.20. The molecule has 0 saturated carbocycles. The van der Waals surface area contributed by atoms with E-state index in [0.717, 1.165) is 19.3 Å². The fraction of sp³-hybridized carbons (Fsp3) is 0.421. The van der Waals surface area contributed by atoms with Crippen molar-refractivity contribution in [2.24, 2.45) is 4.36 Å². The second-order valence-electron chi connectivity index (χ2n) is 6.71. The Morgan fingerprint density at radius 1 is 1.21 bits per heavy atom. The number of nitrogens with one attached hydrogen (secondary N) is 1. The second kappa shape index (κ2) is 8.66. The molecule has 1 N–H and O–H groups in total. The number of ether oxygens (including phenoxy) is 1. The molecule has 1 aliphatic heterocycles. The van der Waals surface area contributed by atoms with Crippen LogP contribution in [-0.4, -0.2) is 44.4 Å². The van der Waals surface area contributed by atoms with Crippen LogP contribution in [0.15, 0.2) is 32.0 Å². The molecule has 8 nitrogen and oxygen atoms in total. The van der Waals surface area contributed by atoms with Gasteiger partial charge in [0, 0.05) is 29.8 Å². The molecule has 0 unspecified atom stereocenters. The highest BCUT2D eigenvalue weighted by atomic mass is 79.9. The predicted octanol–water partition coefficient (Wildman–Crippen LogP) is 3.26. The van der Waals surface area contributed by atoms with Crippen molar-refractivity contribution in [2.45, 2.75) is 32.7 Å². The first-order chi connectivity index (χ1) is 13.8. The summed E-state index contributed by atoms with van der Waals surface area (Å²) in [7, 11) is -1.30. The lowest BCUT2D eigenvalue weighted by molar-refractivity contribution is 0.0601. The number of hydrogen-bond donors (Lipinski definition) is 1. The number of hydrogen-bond acceptors (Lipinski definition) is 6. The second-order valence-corrected chi connectivity index (χ2v) is 10.1. The first-order valence-corrected chi connectivity index (χ1v) is 11.9. The van der Waals surface area contributed by atoms with Crippen molar-refractivity contribution in [2.75, 3.05) is 18.6 Å². The Hall–Kier alpha value is -2.20. The quantitative estimate of drug-likeness (QED) is 0.518.